The van der Waals surface area contributed by atoms with Crippen LogP contribution in [0.1, 0.15) is 26.3 Å². The lowest BCUT2D eigenvalue weighted by molar-refractivity contribution is 0.0784. The second kappa shape index (κ2) is 7.49. The monoisotopic (exact) mass is 350 g/mol. The number of carbonyl (C=O) groups is 2. The molecule has 2 amide bonds. The maximum absolute atomic E-state index is 12.4. The normalized spacial score (nSPS) is 10.3. The summed E-state index contributed by atoms with van der Waals surface area (Å²) in [6.07, 6.45) is 0. The van der Waals surface area contributed by atoms with Gasteiger partial charge in [-0.2, -0.15) is 0 Å². The largest absolute Gasteiger partial charge is 0.355 e. The van der Waals surface area contributed by atoms with E-state index >= 15 is 0 Å². The molecule has 0 aliphatic rings. The maximum atomic E-state index is 12.4. The minimum absolute atomic E-state index is 0.144. The van der Waals surface area contributed by atoms with Crippen molar-refractivity contribution in [2.45, 2.75) is 6.54 Å². The van der Waals surface area contributed by atoms with E-state index in [1.54, 1.807) is 49.3 Å². The molecule has 0 saturated heterocycles. The number of carbonyl (C=O) groups excluding carboxylic acids is 2. The summed E-state index contributed by atoms with van der Waals surface area (Å²) in [4.78, 5) is 25.5. The number of halogens is 2. The van der Waals surface area contributed by atoms with E-state index in [0.717, 1.165) is 5.56 Å². The van der Waals surface area contributed by atoms with Crippen molar-refractivity contribution >= 4 is 35.0 Å². The molecule has 0 heterocycles. The molecule has 2 rings (SSSR count). The average Bonchev–Trinajstić information content (AvgIpc) is 2.53. The fourth-order valence-corrected chi connectivity index (χ4v) is 2.68. The number of amides is 2. The molecule has 0 spiro atoms. The highest BCUT2D eigenvalue weighted by Gasteiger charge is 2.14. The Balaban J connectivity index is 2.10. The molecule has 0 fully saturated rings. The summed E-state index contributed by atoms with van der Waals surface area (Å²) in [5, 5.41) is 3.40. The van der Waals surface area contributed by atoms with Gasteiger partial charge in [-0.05, 0) is 35.9 Å². The van der Waals surface area contributed by atoms with Crippen LogP contribution in [0.4, 0.5) is 0 Å². The van der Waals surface area contributed by atoms with Gasteiger partial charge in [0.15, 0.2) is 0 Å². The van der Waals surface area contributed by atoms with E-state index in [1.807, 2.05) is 12.1 Å². The smallest absolute Gasteiger partial charge is 0.253 e. The predicted octanol–water partition coefficient (Wildman–Crippen LogP) is 3.63. The highest BCUT2D eigenvalue weighted by molar-refractivity contribution is 6.35. The third-order valence-corrected chi connectivity index (χ3v) is 3.76. The van der Waals surface area contributed by atoms with E-state index in [2.05, 4.69) is 5.32 Å². The fourth-order valence-electron chi connectivity index (χ4n) is 2.15. The van der Waals surface area contributed by atoms with Crippen LogP contribution in [-0.4, -0.2) is 30.8 Å². The number of hydrogen-bond donors (Lipinski definition) is 1. The molecule has 0 unspecified atom stereocenters. The van der Waals surface area contributed by atoms with Gasteiger partial charge in [0.2, 0.25) is 0 Å². The van der Waals surface area contributed by atoms with Gasteiger partial charge in [0.05, 0.1) is 0 Å². The zero-order valence-electron chi connectivity index (χ0n) is 12.8. The molecule has 23 heavy (non-hydrogen) atoms. The number of benzene rings is 2. The number of nitrogens with one attached hydrogen (secondary N) is 1. The van der Waals surface area contributed by atoms with E-state index in [9.17, 15) is 9.59 Å². The van der Waals surface area contributed by atoms with Gasteiger partial charge in [-0.1, -0.05) is 35.3 Å². The maximum Gasteiger partial charge on any atom is 0.253 e. The van der Waals surface area contributed by atoms with Crippen LogP contribution >= 0.6 is 23.2 Å². The van der Waals surface area contributed by atoms with Crippen molar-refractivity contribution in [2.24, 2.45) is 0 Å². The van der Waals surface area contributed by atoms with Crippen LogP contribution in [0.5, 0.6) is 0 Å². The molecule has 0 atom stereocenters. The van der Waals surface area contributed by atoms with Gasteiger partial charge in [-0.25, -0.2) is 0 Å². The molecule has 2 aromatic rings. The van der Waals surface area contributed by atoms with Crippen molar-refractivity contribution in [3.05, 3.63) is 69.2 Å². The fraction of sp³-hybridized carbons (Fsp3) is 0.176. The van der Waals surface area contributed by atoms with Crippen LogP contribution in [0.15, 0.2) is 42.5 Å². The van der Waals surface area contributed by atoms with E-state index in [1.165, 1.54) is 0 Å². The second-order valence-corrected chi connectivity index (χ2v) is 5.97. The Morgan fingerprint density at radius 2 is 1.57 bits per heavy atom. The molecule has 6 heteroatoms. The summed E-state index contributed by atoms with van der Waals surface area (Å²) in [7, 11) is 3.28. The SMILES string of the molecule is CNC(=O)c1ccc(CN(C)C(=O)c2cc(Cl)cc(Cl)c2)cc1. The van der Waals surface area contributed by atoms with Gasteiger partial charge in [0, 0.05) is 41.8 Å². The number of hydrogen-bond acceptors (Lipinski definition) is 2. The molecule has 0 aromatic heterocycles. The quantitative estimate of drug-likeness (QED) is 0.915. The second-order valence-electron chi connectivity index (χ2n) is 5.10. The van der Waals surface area contributed by atoms with Crippen LogP contribution in [0.25, 0.3) is 0 Å². The zero-order valence-corrected chi connectivity index (χ0v) is 14.3. The molecule has 0 bridgehead atoms. The van der Waals surface area contributed by atoms with Gasteiger partial charge < -0.3 is 10.2 Å². The highest BCUT2D eigenvalue weighted by atomic mass is 35.5. The van der Waals surface area contributed by atoms with Crippen molar-refractivity contribution in [1.82, 2.24) is 10.2 Å². The van der Waals surface area contributed by atoms with Crippen molar-refractivity contribution in [2.75, 3.05) is 14.1 Å². The molecule has 4 nitrogen and oxygen atoms in total. The summed E-state index contributed by atoms with van der Waals surface area (Å²) in [5.41, 5.74) is 1.93. The van der Waals surface area contributed by atoms with E-state index in [0.29, 0.717) is 27.7 Å². The minimum Gasteiger partial charge on any atom is -0.355 e. The summed E-state index contributed by atoms with van der Waals surface area (Å²) in [6, 6.07) is 11.8. The molecule has 1 N–H and O–H groups in total. The van der Waals surface area contributed by atoms with Gasteiger partial charge in [-0.15, -0.1) is 0 Å². The molecular formula is C17H16Cl2N2O2. The van der Waals surface area contributed by atoms with Crippen LogP contribution in [0, 0.1) is 0 Å². The number of nitrogens with zero attached hydrogens (tertiary/aromatic N) is 1. The van der Waals surface area contributed by atoms with E-state index < -0.39 is 0 Å². The lowest BCUT2D eigenvalue weighted by Crippen LogP contribution is -2.26. The topological polar surface area (TPSA) is 49.4 Å². The van der Waals surface area contributed by atoms with Gasteiger partial charge in [-0.3, -0.25) is 9.59 Å². The molecular weight excluding hydrogens is 335 g/mol. The summed E-state index contributed by atoms with van der Waals surface area (Å²) in [5.74, 6) is -0.320. The first-order chi connectivity index (χ1) is 10.9. The Hall–Kier alpha value is -2.04. The minimum atomic E-state index is -0.176. The van der Waals surface area contributed by atoms with Crippen LogP contribution < -0.4 is 5.32 Å². The molecule has 0 radical (unpaired) electrons. The Morgan fingerprint density at radius 3 is 2.09 bits per heavy atom. The van der Waals surface area contributed by atoms with Crippen LogP contribution in [-0.2, 0) is 6.54 Å². The Labute approximate surface area is 145 Å². The lowest BCUT2D eigenvalue weighted by Gasteiger charge is -2.18. The standard InChI is InChI=1S/C17H16Cl2N2O2/c1-20-16(22)12-5-3-11(4-6-12)10-21(2)17(23)13-7-14(18)9-15(19)8-13/h3-9H,10H2,1-2H3,(H,20,22). The third-order valence-electron chi connectivity index (χ3n) is 3.32. The van der Waals surface area contributed by atoms with Gasteiger partial charge in [0.1, 0.15) is 0 Å². The molecule has 0 aliphatic carbocycles. The molecule has 0 aliphatic heterocycles. The first kappa shape index (κ1) is 17.3. The Morgan fingerprint density at radius 1 is 1.00 bits per heavy atom. The van der Waals surface area contributed by atoms with Crippen molar-refractivity contribution in [3.8, 4) is 0 Å². The Bertz CT molecular complexity index is 710. The van der Waals surface area contributed by atoms with Gasteiger partial charge in [0.25, 0.3) is 11.8 Å². The third kappa shape index (κ3) is 4.47. The van der Waals surface area contributed by atoms with E-state index in [4.69, 9.17) is 23.2 Å². The molecule has 0 saturated carbocycles. The highest BCUT2D eigenvalue weighted by Crippen LogP contribution is 2.20. The molecule has 2 aromatic carbocycles. The number of rotatable bonds is 4. The predicted molar refractivity (Wildman–Crippen MR) is 92.1 cm³/mol. The van der Waals surface area contributed by atoms with E-state index in [-0.39, 0.29) is 11.8 Å². The Kier molecular flexibility index (Phi) is 5.64. The van der Waals surface area contributed by atoms with Crippen LogP contribution in [0.2, 0.25) is 10.0 Å². The first-order valence-electron chi connectivity index (χ1n) is 6.93. The first-order valence-corrected chi connectivity index (χ1v) is 7.69. The summed E-state index contributed by atoms with van der Waals surface area (Å²) < 4.78 is 0. The summed E-state index contributed by atoms with van der Waals surface area (Å²) in [6.45, 7) is 0.414. The van der Waals surface area contributed by atoms with Crippen molar-refractivity contribution < 1.29 is 9.59 Å². The molecule has 120 valence electrons. The zero-order chi connectivity index (χ0) is 17.0. The average molecular weight is 351 g/mol. The summed E-state index contributed by atoms with van der Waals surface area (Å²) >= 11 is 11.9. The van der Waals surface area contributed by atoms with Crippen LogP contribution in [0.3, 0.4) is 0 Å². The van der Waals surface area contributed by atoms with Crippen molar-refractivity contribution in [3.63, 3.8) is 0 Å². The van der Waals surface area contributed by atoms with Gasteiger partial charge >= 0.3 is 0 Å². The lowest BCUT2D eigenvalue weighted by atomic mass is 10.1. The van der Waals surface area contributed by atoms with Crippen molar-refractivity contribution in [1.29, 1.82) is 0 Å².